The second-order valence-corrected chi connectivity index (χ2v) is 9.02. The topological polar surface area (TPSA) is 124 Å². The van der Waals surface area contributed by atoms with Gasteiger partial charge in [-0.2, -0.15) is 0 Å². The Morgan fingerprint density at radius 1 is 1.28 bits per heavy atom. The number of nitrogens with zero attached hydrogens (tertiary/aromatic N) is 2. The third-order valence-corrected chi connectivity index (χ3v) is 6.70. The summed E-state index contributed by atoms with van der Waals surface area (Å²) in [4.78, 5) is 26.4. The molecule has 1 aromatic carbocycles. The lowest BCUT2D eigenvalue weighted by Crippen LogP contribution is -2.50. The Kier molecular flexibility index (Phi) is 6.50. The van der Waals surface area contributed by atoms with Crippen LogP contribution in [0, 0.1) is 5.41 Å². The van der Waals surface area contributed by atoms with Gasteiger partial charge in [0, 0.05) is 41.9 Å². The number of aliphatic carboxylic acids is 1. The molecule has 2 aliphatic rings. The number of carbonyl (C=O) groups excluding carboxylic acids is 1. The van der Waals surface area contributed by atoms with Crippen LogP contribution in [0.4, 0.5) is 0 Å². The minimum absolute atomic E-state index is 0.0631. The molecule has 1 aliphatic carbocycles. The molecule has 0 radical (unpaired) electrons. The molecule has 1 saturated heterocycles. The number of rotatable bonds is 10. The first-order valence-corrected chi connectivity index (χ1v) is 11.6. The van der Waals surface area contributed by atoms with E-state index in [1.165, 1.54) is 5.69 Å². The van der Waals surface area contributed by atoms with E-state index >= 15 is 0 Å². The number of hydrogen-bond donors (Lipinski definition) is 4. The number of fused-ring (bicyclic) bond motifs is 1. The van der Waals surface area contributed by atoms with E-state index in [1.807, 2.05) is 23.1 Å². The molecule has 1 saturated carbocycles. The van der Waals surface area contributed by atoms with Crippen LogP contribution in [0.2, 0.25) is 0 Å². The van der Waals surface area contributed by atoms with Gasteiger partial charge in [0.05, 0.1) is 12.5 Å². The van der Waals surface area contributed by atoms with Crippen molar-refractivity contribution >= 4 is 28.6 Å². The quantitative estimate of drug-likeness (QED) is 0.334. The van der Waals surface area contributed by atoms with Crippen LogP contribution in [0.15, 0.2) is 24.3 Å². The lowest BCUT2D eigenvalue weighted by molar-refractivity contribution is -0.143. The van der Waals surface area contributed by atoms with E-state index in [1.54, 1.807) is 0 Å². The number of nitrogen functional groups attached to an aromatic ring is 1. The van der Waals surface area contributed by atoms with Crippen LogP contribution in [-0.4, -0.2) is 57.0 Å². The predicted octanol–water partition coefficient (Wildman–Crippen LogP) is 2.46. The second-order valence-electron chi connectivity index (χ2n) is 9.02. The zero-order valence-corrected chi connectivity index (χ0v) is 18.6. The van der Waals surface area contributed by atoms with Gasteiger partial charge in [0.15, 0.2) is 0 Å². The minimum atomic E-state index is -0.940. The SMILES string of the molecule is CCn1c(CC[C@@H]2CCCN2C(=O)C(CC(=O)O)NC2CC2)cc2ccc(C(=N)N)cc21. The molecule has 2 aromatic rings. The van der Waals surface area contributed by atoms with E-state index in [4.69, 9.17) is 11.1 Å². The van der Waals surface area contributed by atoms with Crippen molar-refractivity contribution in [1.29, 1.82) is 5.41 Å². The summed E-state index contributed by atoms with van der Waals surface area (Å²) in [5, 5.41) is 21.4. The number of nitrogens with one attached hydrogen (secondary N) is 2. The molecular formula is C24H33N5O3. The first kappa shape index (κ1) is 22.3. The van der Waals surface area contributed by atoms with Gasteiger partial charge in [-0.3, -0.25) is 15.0 Å². The molecule has 1 unspecified atom stereocenters. The first-order chi connectivity index (χ1) is 15.4. The Balaban J connectivity index is 1.47. The van der Waals surface area contributed by atoms with Crippen LogP contribution in [0.1, 0.15) is 56.7 Å². The van der Waals surface area contributed by atoms with Crippen LogP contribution < -0.4 is 11.1 Å². The highest BCUT2D eigenvalue weighted by Crippen LogP contribution is 2.27. The van der Waals surface area contributed by atoms with E-state index in [0.29, 0.717) is 6.54 Å². The smallest absolute Gasteiger partial charge is 0.305 e. The number of aryl methyl sites for hydroxylation is 2. The van der Waals surface area contributed by atoms with Crippen molar-refractivity contribution in [2.45, 2.75) is 76.5 Å². The van der Waals surface area contributed by atoms with Crippen molar-refractivity contribution in [3.8, 4) is 0 Å². The predicted molar refractivity (Wildman–Crippen MR) is 124 cm³/mol. The molecule has 2 atom stereocenters. The second kappa shape index (κ2) is 9.32. The van der Waals surface area contributed by atoms with Crippen molar-refractivity contribution in [2.24, 2.45) is 5.73 Å². The molecule has 1 aromatic heterocycles. The number of carbonyl (C=O) groups is 2. The largest absolute Gasteiger partial charge is 0.481 e. The van der Waals surface area contributed by atoms with Gasteiger partial charge in [0.1, 0.15) is 5.84 Å². The van der Waals surface area contributed by atoms with Crippen LogP contribution >= 0.6 is 0 Å². The average Bonchev–Trinajstić information content (AvgIpc) is 3.33. The zero-order chi connectivity index (χ0) is 22.8. The number of amides is 1. The summed E-state index contributed by atoms with van der Waals surface area (Å²) in [6.07, 6.45) is 5.46. The summed E-state index contributed by atoms with van der Waals surface area (Å²) in [7, 11) is 0. The maximum Gasteiger partial charge on any atom is 0.305 e. The van der Waals surface area contributed by atoms with Gasteiger partial charge in [0.25, 0.3) is 0 Å². The van der Waals surface area contributed by atoms with E-state index < -0.39 is 12.0 Å². The number of carboxylic acids is 1. The molecule has 8 heteroatoms. The average molecular weight is 440 g/mol. The number of hydrogen-bond acceptors (Lipinski definition) is 4. The van der Waals surface area contributed by atoms with E-state index in [-0.39, 0.29) is 30.2 Å². The molecular weight excluding hydrogens is 406 g/mol. The third kappa shape index (κ3) is 4.80. The van der Waals surface area contributed by atoms with E-state index in [0.717, 1.165) is 61.5 Å². The van der Waals surface area contributed by atoms with Gasteiger partial charge in [-0.05, 0) is 63.0 Å². The number of likely N-dealkylation sites (tertiary alicyclic amines) is 1. The number of benzene rings is 1. The van der Waals surface area contributed by atoms with Crippen molar-refractivity contribution in [3.63, 3.8) is 0 Å². The number of carboxylic acid groups (broad SMARTS) is 1. The Hall–Kier alpha value is -2.87. The van der Waals surface area contributed by atoms with Crippen LogP contribution in [-0.2, 0) is 22.6 Å². The molecule has 1 amide bonds. The molecule has 172 valence electrons. The normalized spacial score (nSPS) is 19.4. The summed E-state index contributed by atoms with van der Waals surface area (Å²) < 4.78 is 2.25. The molecule has 1 aliphatic heterocycles. The van der Waals surface area contributed by atoms with Gasteiger partial charge in [-0.15, -0.1) is 0 Å². The Bertz CT molecular complexity index is 1030. The summed E-state index contributed by atoms with van der Waals surface area (Å²) in [6.45, 7) is 3.62. The summed E-state index contributed by atoms with van der Waals surface area (Å²) in [5.74, 6) is -0.943. The third-order valence-electron chi connectivity index (χ3n) is 6.70. The maximum atomic E-state index is 13.2. The highest BCUT2D eigenvalue weighted by molar-refractivity contribution is 5.98. The Labute approximate surface area is 188 Å². The van der Waals surface area contributed by atoms with E-state index in [2.05, 4.69) is 22.9 Å². The fourth-order valence-corrected chi connectivity index (χ4v) is 4.93. The summed E-state index contributed by atoms with van der Waals surface area (Å²) in [6, 6.07) is 7.82. The van der Waals surface area contributed by atoms with Gasteiger partial charge in [0.2, 0.25) is 5.91 Å². The number of aromatic nitrogens is 1. The van der Waals surface area contributed by atoms with Crippen molar-refractivity contribution < 1.29 is 14.7 Å². The van der Waals surface area contributed by atoms with Crippen molar-refractivity contribution in [2.75, 3.05) is 6.54 Å². The van der Waals surface area contributed by atoms with Crippen LogP contribution in [0.5, 0.6) is 0 Å². The molecule has 0 spiro atoms. The molecule has 2 fully saturated rings. The number of nitrogens with two attached hydrogens (primary N) is 1. The fourth-order valence-electron chi connectivity index (χ4n) is 4.93. The van der Waals surface area contributed by atoms with Gasteiger partial charge >= 0.3 is 5.97 Å². The molecule has 0 bridgehead atoms. The van der Waals surface area contributed by atoms with Gasteiger partial charge in [-0.25, -0.2) is 0 Å². The number of amidine groups is 1. The van der Waals surface area contributed by atoms with Gasteiger partial charge in [-0.1, -0.05) is 12.1 Å². The first-order valence-electron chi connectivity index (χ1n) is 11.6. The lowest BCUT2D eigenvalue weighted by atomic mass is 10.1. The molecule has 2 heterocycles. The van der Waals surface area contributed by atoms with Gasteiger partial charge < -0.3 is 25.6 Å². The standard InChI is InChI=1S/C24H33N5O3/c1-2-28-19(12-15-5-6-16(23(25)26)13-21(15)28)10-9-18-4-3-11-29(18)24(32)20(14-22(30)31)27-17-7-8-17/h5-6,12-13,17-18,20,27H,2-4,7-11,14H2,1H3,(H3,25,26)(H,30,31)/t18-,20?/m0/s1. The lowest BCUT2D eigenvalue weighted by Gasteiger charge is -2.29. The van der Waals surface area contributed by atoms with Crippen LogP contribution in [0.3, 0.4) is 0 Å². The highest BCUT2D eigenvalue weighted by atomic mass is 16.4. The monoisotopic (exact) mass is 439 g/mol. The molecule has 32 heavy (non-hydrogen) atoms. The van der Waals surface area contributed by atoms with Crippen LogP contribution in [0.25, 0.3) is 10.9 Å². The molecule has 4 rings (SSSR count). The Morgan fingerprint density at radius 2 is 2.06 bits per heavy atom. The van der Waals surface area contributed by atoms with Crippen molar-refractivity contribution in [1.82, 2.24) is 14.8 Å². The molecule has 5 N–H and O–H groups in total. The minimum Gasteiger partial charge on any atom is -0.481 e. The van der Waals surface area contributed by atoms with E-state index in [9.17, 15) is 14.7 Å². The molecule has 8 nitrogen and oxygen atoms in total. The zero-order valence-electron chi connectivity index (χ0n) is 18.6. The Morgan fingerprint density at radius 3 is 2.72 bits per heavy atom. The maximum absolute atomic E-state index is 13.2. The van der Waals surface area contributed by atoms with Crippen molar-refractivity contribution in [3.05, 3.63) is 35.5 Å². The summed E-state index contributed by atoms with van der Waals surface area (Å²) in [5.41, 5.74) is 8.67. The summed E-state index contributed by atoms with van der Waals surface area (Å²) >= 11 is 0. The highest BCUT2D eigenvalue weighted by Gasteiger charge is 2.36. The fraction of sp³-hybridized carbons (Fsp3) is 0.542.